The van der Waals surface area contributed by atoms with Gasteiger partial charge in [-0.3, -0.25) is 0 Å². The first kappa shape index (κ1) is 8.33. The molecule has 0 bridgehead atoms. The predicted octanol–water partition coefficient (Wildman–Crippen LogP) is 0.941. The molecule has 4 heteroatoms. The van der Waals surface area contributed by atoms with Gasteiger partial charge in [-0.25, -0.2) is 4.79 Å². The molecule has 0 aliphatic carbocycles. The highest BCUT2D eigenvalue weighted by Crippen LogP contribution is 2.13. The highest BCUT2D eigenvalue weighted by Gasteiger charge is 2.06. The summed E-state index contributed by atoms with van der Waals surface area (Å²) in [6.07, 6.45) is 0. The van der Waals surface area contributed by atoms with Crippen molar-refractivity contribution < 1.29 is 9.90 Å². The fourth-order valence-electron chi connectivity index (χ4n) is 0.707. The van der Waals surface area contributed by atoms with Gasteiger partial charge in [-0.1, -0.05) is 17.6 Å². The number of carbonyl (C=O) groups is 1. The minimum atomic E-state index is -0.982. The summed E-state index contributed by atoms with van der Waals surface area (Å²) < 4.78 is 0.541. The van der Waals surface area contributed by atoms with Gasteiger partial charge in [0.2, 0.25) is 0 Å². The fourth-order valence-corrected chi connectivity index (χ4v) is 1.12. The van der Waals surface area contributed by atoms with Gasteiger partial charge in [0.25, 0.3) is 0 Å². The zero-order valence-corrected chi connectivity index (χ0v) is 7.13. The molecule has 2 radical (unpaired) electrons. The highest BCUT2D eigenvalue weighted by atomic mass is 79.9. The maximum Gasteiger partial charge on any atom is 0.336 e. The molecule has 1 aromatic carbocycles. The molecule has 0 aliphatic rings. The Hall–Kier alpha value is -0.765. The standard InChI is InChI=1S/C7H4BBrO2/c8-4-1-2-6(9)5(3-4)7(10)11/h1-3H,(H,10,11). The number of hydrogen-bond donors (Lipinski definition) is 1. The number of hydrogen-bond acceptors (Lipinski definition) is 1. The van der Waals surface area contributed by atoms with E-state index in [1.807, 2.05) is 0 Å². The molecule has 0 aliphatic heterocycles. The van der Waals surface area contributed by atoms with Crippen molar-refractivity contribution in [2.24, 2.45) is 0 Å². The topological polar surface area (TPSA) is 37.3 Å². The van der Waals surface area contributed by atoms with Gasteiger partial charge in [-0.05, 0) is 22.0 Å². The monoisotopic (exact) mass is 210 g/mol. The molecule has 2 nitrogen and oxygen atoms in total. The molecule has 11 heavy (non-hydrogen) atoms. The van der Waals surface area contributed by atoms with Crippen LogP contribution in [0.25, 0.3) is 0 Å². The minimum Gasteiger partial charge on any atom is -0.478 e. The maximum absolute atomic E-state index is 10.5. The Morgan fingerprint density at radius 1 is 1.55 bits per heavy atom. The van der Waals surface area contributed by atoms with Crippen molar-refractivity contribution in [3.05, 3.63) is 28.2 Å². The number of carboxylic acids is 1. The Morgan fingerprint density at radius 3 is 2.64 bits per heavy atom. The summed E-state index contributed by atoms with van der Waals surface area (Å²) >= 11 is 3.09. The van der Waals surface area contributed by atoms with E-state index < -0.39 is 5.97 Å². The lowest BCUT2D eigenvalue weighted by Crippen LogP contribution is -2.07. The molecular weight excluding hydrogens is 207 g/mol. The molecule has 0 atom stereocenters. The van der Waals surface area contributed by atoms with Crippen molar-refractivity contribution in [1.82, 2.24) is 0 Å². The summed E-state index contributed by atoms with van der Waals surface area (Å²) in [5.41, 5.74) is 0.635. The highest BCUT2D eigenvalue weighted by molar-refractivity contribution is 9.10. The molecular formula is C7H4BBrO2. The molecule has 1 N–H and O–H groups in total. The van der Waals surface area contributed by atoms with Crippen LogP contribution in [-0.2, 0) is 0 Å². The van der Waals surface area contributed by atoms with Gasteiger partial charge in [-0.2, -0.15) is 0 Å². The summed E-state index contributed by atoms with van der Waals surface area (Å²) in [7, 11) is 5.38. The Balaban J connectivity index is 3.23. The third-order valence-electron chi connectivity index (χ3n) is 1.22. The summed E-state index contributed by atoms with van der Waals surface area (Å²) in [4.78, 5) is 10.5. The molecule has 1 rings (SSSR count). The number of carboxylic acid groups (broad SMARTS) is 1. The van der Waals surface area contributed by atoms with Crippen LogP contribution >= 0.6 is 15.9 Å². The third kappa shape index (κ3) is 1.83. The van der Waals surface area contributed by atoms with Crippen molar-refractivity contribution in [3.63, 3.8) is 0 Å². The predicted molar refractivity (Wildman–Crippen MR) is 46.5 cm³/mol. The Kier molecular flexibility index (Phi) is 2.34. The van der Waals surface area contributed by atoms with Crippen LogP contribution in [0.3, 0.4) is 0 Å². The van der Waals surface area contributed by atoms with Gasteiger partial charge in [-0.15, -0.1) is 0 Å². The van der Waals surface area contributed by atoms with E-state index in [9.17, 15) is 4.79 Å². The fraction of sp³-hybridized carbons (Fsp3) is 0. The zero-order valence-electron chi connectivity index (χ0n) is 5.54. The van der Waals surface area contributed by atoms with Crippen LogP contribution in [0.1, 0.15) is 10.4 Å². The number of halogens is 1. The second-order valence-corrected chi connectivity index (χ2v) is 2.90. The van der Waals surface area contributed by atoms with Crippen LogP contribution in [0.5, 0.6) is 0 Å². The first-order valence-corrected chi connectivity index (χ1v) is 3.69. The van der Waals surface area contributed by atoms with Crippen molar-refractivity contribution in [1.29, 1.82) is 0 Å². The van der Waals surface area contributed by atoms with E-state index in [0.717, 1.165) is 0 Å². The van der Waals surface area contributed by atoms with Gasteiger partial charge >= 0.3 is 5.97 Å². The van der Waals surface area contributed by atoms with E-state index in [1.54, 1.807) is 12.1 Å². The quantitative estimate of drug-likeness (QED) is 0.701. The lowest BCUT2D eigenvalue weighted by molar-refractivity contribution is 0.0696. The van der Waals surface area contributed by atoms with Crippen molar-refractivity contribution >= 4 is 35.2 Å². The second kappa shape index (κ2) is 3.09. The normalized spacial score (nSPS) is 9.55. The van der Waals surface area contributed by atoms with E-state index in [0.29, 0.717) is 9.94 Å². The molecule has 1 aromatic rings. The number of benzene rings is 1. The van der Waals surface area contributed by atoms with Crippen LogP contribution in [0.15, 0.2) is 22.7 Å². The lowest BCUT2D eigenvalue weighted by atomic mass is 9.94. The van der Waals surface area contributed by atoms with Crippen molar-refractivity contribution in [3.8, 4) is 0 Å². The van der Waals surface area contributed by atoms with Gasteiger partial charge in [0.15, 0.2) is 0 Å². The Labute approximate surface area is 73.8 Å². The number of rotatable bonds is 1. The van der Waals surface area contributed by atoms with E-state index >= 15 is 0 Å². The van der Waals surface area contributed by atoms with Crippen LogP contribution < -0.4 is 5.46 Å². The van der Waals surface area contributed by atoms with Crippen LogP contribution in [0, 0.1) is 0 Å². The molecule has 0 saturated heterocycles. The molecule has 0 unspecified atom stereocenters. The van der Waals surface area contributed by atoms with E-state index in [2.05, 4.69) is 15.9 Å². The van der Waals surface area contributed by atoms with Crippen LogP contribution in [0.4, 0.5) is 0 Å². The Morgan fingerprint density at radius 2 is 2.18 bits per heavy atom. The molecule has 0 fully saturated rings. The van der Waals surface area contributed by atoms with E-state index in [4.69, 9.17) is 13.0 Å². The average molecular weight is 211 g/mol. The van der Waals surface area contributed by atoms with E-state index in [-0.39, 0.29) is 5.56 Å². The largest absolute Gasteiger partial charge is 0.478 e. The maximum atomic E-state index is 10.5. The Bertz CT molecular complexity index is 298. The molecule has 0 spiro atoms. The first-order valence-electron chi connectivity index (χ1n) is 2.89. The van der Waals surface area contributed by atoms with Gasteiger partial charge in [0, 0.05) is 4.47 Å². The van der Waals surface area contributed by atoms with Crippen molar-refractivity contribution in [2.45, 2.75) is 0 Å². The van der Waals surface area contributed by atoms with Crippen molar-refractivity contribution in [2.75, 3.05) is 0 Å². The molecule has 0 aromatic heterocycles. The molecule has 0 amide bonds. The summed E-state index contributed by atoms with van der Waals surface area (Å²) in [6, 6.07) is 4.65. The minimum absolute atomic E-state index is 0.185. The van der Waals surface area contributed by atoms with Gasteiger partial charge in [0.1, 0.15) is 7.85 Å². The van der Waals surface area contributed by atoms with Gasteiger partial charge < -0.3 is 5.11 Å². The second-order valence-electron chi connectivity index (χ2n) is 2.04. The SMILES string of the molecule is [B]c1ccc(Br)c(C(=O)O)c1. The molecule has 0 heterocycles. The smallest absolute Gasteiger partial charge is 0.336 e. The van der Waals surface area contributed by atoms with Gasteiger partial charge in [0.05, 0.1) is 5.56 Å². The van der Waals surface area contributed by atoms with E-state index in [1.165, 1.54) is 6.07 Å². The summed E-state index contributed by atoms with van der Waals surface area (Å²) in [6.45, 7) is 0. The van der Waals surface area contributed by atoms with Crippen LogP contribution in [0.2, 0.25) is 0 Å². The summed E-state index contributed by atoms with van der Waals surface area (Å²) in [5.74, 6) is -0.982. The molecule has 0 saturated carbocycles. The summed E-state index contributed by atoms with van der Waals surface area (Å²) in [5, 5.41) is 8.60. The third-order valence-corrected chi connectivity index (χ3v) is 1.91. The first-order chi connectivity index (χ1) is 5.11. The molecule has 54 valence electrons. The zero-order chi connectivity index (χ0) is 8.43. The average Bonchev–Trinajstić information content (AvgIpc) is 1.94. The number of aromatic carboxylic acids is 1. The lowest BCUT2D eigenvalue weighted by Gasteiger charge is -1.99. The van der Waals surface area contributed by atoms with Crippen LogP contribution in [-0.4, -0.2) is 18.9 Å².